The minimum atomic E-state index is -0.393. The minimum Gasteiger partial charge on any atom is -0.399 e. The summed E-state index contributed by atoms with van der Waals surface area (Å²) in [5, 5.41) is 2.50. The fraction of sp³-hybridized carbons (Fsp3) is 0.462. The van der Waals surface area contributed by atoms with Crippen molar-refractivity contribution in [2.75, 3.05) is 5.73 Å². The zero-order valence-electron chi connectivity index (χ0n) is 11.1. The van der Waals surface area contributed by atoms with Crippen LogP contribution in [0.5, 0.6) is 0 Å². The van der Waals surface area contributed by atoms with Gasteiger partial charge in [-0.15, -0.1) is 11.8 Å². The number of benzene rings is 1. The molecule has 0 aliphatic carbocycles. The first-order chi connectivity index (χ1) is 8.19. The number of nitrogens with two attached hydrogens (primary N) is 1. The lowest BCUT2D eigenvalue weighted by molar-refractivity contribution is -0.121. The van der Waals surface area contributed by atoms with E-state index in [1.807, 2.05) is 20.8 Å². The quantitative estimate of drug-likeness (QED) is 0.656. The molecule has 0 aliphatic heterocycles. The molecule has 3 N–H and O–H groups in total. The first kappa shape index (κ1) is 14.8. The topological polar surface area (TPSA) is 55.1 Å². The highest BCUT2D eigenvalue weighted by atomic mass is 32.2. The third-order valence-electron chi connectivity index (χ3n) is 2.13. The van der Waals surface area contributed by atoms with Gasteiger partial charge < -0.3 is 11.1 Å². The fourth-order valence-corrected chi connectivity index (χ4v) is 2.19. The van der Waals surface area contributed by atoms with Crippen LogP contribution in [-0.4, -0.2) is 16.7 Å². The molecule has 1 amide bonds. The van der Waals surface area contributed by atoms with Crippen LogP contribution < -0.4 is 11.1 Å². The Morgan fingerprint density at radius 2 is 2.06 bits per heavy atom. The number of rotatable bonds is 3. The average Bonchev–Trinajstić information content (AvgIpc) is 2.19. The van der Waals surface area contributed by atoms with E-state index < -0.39 is 5.82 Å². The van der Waals surface area contributed by atoms with Crippen molar-refractivity contribution in [3.05, 3.63) is 24.0 Å². The number of hydrogen-bond donors (Lipinski definition) is 2. The van der Waals surface area contributed by atoms with Gasteiger partial charge >= 0.3 is 0 Å². The molecule has 1 aromatic rings. The number of amides is 1. The van der Waals surface area contributed by atoms with Gasteiger partial charge in [-0.2, -0.15) is 0 Å². The number of nitrogens with one attached hydrogen (secondary N) is 1. The zero-order valence-corrected chi connectivity index (χ0v) is 11.9. The Kier molecular flexibility index (Phi) is 4.62. The maximum atomic E-state index is 13.6. The van der Waals surface area contributed by atoms with Crippen molar-refractivity contribution >= 4 is 23.4 Å². The molecule has 0 heterocycles. The molecular formula is C13H19FN2OS. The van der Waals surface area contributed by atoms with Crippen LogP contribution in [0.4, 0.5) is 10.1 Å². The molecule has 0 spiro atoms. The van der Waals surface area contributed by atoms with Gasteiger partial charge in [0.05, 0.1) is 5.25 Å². The normalized spacial score (nSPS) is 13.2. The van der Waals surface area contributed by atoms with Crippen LogP contribution in [-0.2, 0) is 4.79 Å². The monoisotopic (exact) mass is 270 g/mol. The molecule has 3 nitrogen and oxygen atoms in total. The van der Waals surface area contributed by atoms with Gasteiger partial charge in [-0.3, -0.25) is 4.79 Å². The second kappa shape index (κ2) is 5.61. The van der Waals surface area contributed by atoms with Crippen LogP contribution >= 0.6 is 11.8 Å². The maximum absolute atomic E-state index is 13.6. The van der Waals surface area contributed by atoms with Crippen LogP contribution in [0.25, 0.3) is 0 Å². The fourth-order valence-electron chi connectivity index (χ4n) is 1.33. The largest absolute Gasteiger partial charge is 0.399 e. The molecule has 100 valence electrons. The SMILES string of the molecule is CC(Sc1ccc(N)cc1F)C(=O)NC(C)(C)C. The Morgan fingerprint density at radius 3 is 2.56 bits per heavy atom. The summed E-state index contributed by atoms with van der Waals surface area (Å²) in [6.07, 6.45) is 0. The number of nitrogen functional groups attached to an aromatic ring is 1. The van der Waals surface area contributed by atoms with Gasteiger partial charge in [0.1, 0.15) is 5.82 Å². The van der Waals surface area contributed by atoms with Crippen LogP contribution in [0.3, 0.4) is 0 Å². The predicted molar refractivity (Wildman–Crippen MR) is 74.0 cm³/mol. The molecule has 0 radical (unpaired) electrons. The second-order valence-electron chi connectivity index (χ2n) is 5.19. The Bertz CT molecular complexity index is 443. The van der Waals surface area contributed by atoms with E-state index in [-0.39, 0.29) is 16.7 Å². The smallest absolute Gasteiger partial charge is 0.233 e. The zero-order chi connectivity index (χ0) is 13.9. The van der Waals surface area contributed by atoms with Crippen LogP contribution in [0.2, 0.25) is 0 Å². The Labute approximate surface area is 111 Å². The number of halogens is 1. The second-order valence-corrected chi connectivity index (χ2v) is 6.57. The molecule has 0 bridgehead atoms. The Morgan fingerprint density at radius 1 is 1.44 bits per heavy atom. The molecule has 0 aromatic heterocycles. The number of carbonyl (C=O) groups excluding carboxylic acids is 1. The first-order valence-electron chi connectivity index (χ1n) is 5.73. The molecule has 18 heavy (non-hydrogen) atoms. The van der Waals surface area contributed by atoms with Crippen molar-refractivity contribution < 1.29 is 9.18 Å². The molecular weight excluding hydrogens is 251 g/mol. The van der Waals surface area contributed by atoms with Crippen molar-refractivity contribution in [1.82, 2.24) is 5.32 Å². The van der Waals surface area contributed by atoms with E-state index in [1.165, 1.54) is 17.8 Å². The number of thioether (sulfide) groups is 1. The van der Waals surface area contributed by atoms with Crippen LogP contribution in [0.1, 0.15) is 27.7 Å². The van der Waals surface area contributed by atoms with E-state index in [9.17, 15) is 9.18 Å². The molecule has 0 aliphatic rings. The van der Waals surface area contributed by atoms with Crippen LogP contribution in [0.15, 0.2) is 23.1 Å². The average molecular weight is 270 g/mol. The highest BCUT2D eigenvalue weighted by Crippen LogP contribution is 2.27. The summed E-state index contributed by atoms with van der Waals surface area (Å²) in [4.78, 5) is 12.3. The van der Waals surface area contributed by atoms with Gasteiger partial charge in [0.15, 0.2) is 0 Å². The van der Waals surface area contributed by atoms with E-state index in [2.05, 4.69) is 5.32 Å². The number of anilines is 1. The van der Waals surface area contributed by atoms with E-state index in [0.717, 1.165) is 0 Å². The lowest BCUT2D eigenvalue weighted by Crippen LogP contribution is -2.44. The predicted octanol–water partition coefficient (Wildman–Crippen LogP) is 2.80. The van der Waals surface area contributed by atoms with Crippen molar-refractivity contribution in [2.24, 2.45) is 0 Å². The molecule has 1 aromatic carbocycles. The lowest BCUT2D eigenvalue weighted by Gasteiger charge is -2.23. The number of hydrogen-bond acceptors (Lipinski definition) is 3. The van der Waals surface area contributed by atoms with Gasteiger partial charge in [0.2, 0.25) is 5.91 Å². The minimum absolute atomic E-state index is 0.108. The van der Waals surface area contributed by atoms with Crippen LogP contribution in [0, 0.1) is 5.82 Å². The summed E-state index contributed by atoms with van der Waals surface area (Å²) in [5.74, 6) is -0.501. The Balaban J connectivity index is 2.69. The standard InChI is InChI=1S/C13H19FN2OS/c1-8(12(17)16-13(2,3)4)18-11-6-5-9(15)7-10(11)14/h5-8H,15H2,1-4H3,(H,16,17). The third kappa shape index (κ3) is 4.56. The molecule has 0 saturated heterocycles. The third-order valence-corrected chi connectivity index (χ3v) is 3.28. The summed E-state index contributed by atoms with van der Waals surface area (Å²) in [7, 11) is 0. The van der Waals surface area contributed by atoms with Crippen molar-refractivity contribution in [2.45, 2.75) is 43.4 Å². The van der Waals surface area contributed by atoms with E-state index in [4.69, 9.17) is 5.73 Å². The molecule has 1 rings (SSSR count). The van der Waals surface area contributed by atoms with Gasteiger partial charge in [-0.1, -0.05) is 0 Å². The molecule has 1 atom stereocenters. The highest BCUT2D eigenvalue weighted by molar-refractivity contribution is 8.00. The van der Waals surface area contributed by atoms with Crippen molar-refractivity contribution in [3.63, 3.8) is 0 Å². The van der Waals surface area contributed by atoms with Crippen molar-refractivity contribution in [1.29, 1.82) is 0 Å². The van der Waals surface area contributed by atoms with Gasteiger partial charge in [-0.05, 0) is 45.9 Å². The summed E-state index contributed by atoms with van der Waals surface area (Å²) in [5.41, 5.74) is 5.57. The van der Waals surface area contributed by atoms with Gasteiger partial charge in [0, 0.05) is 16.1 Å². The van der Waals surface area contributed by atoms with E-state index >= 15 is 0 Å². The summed E-state index contributed by atoms with van der Waals surface area (Å²) in [6, 6.07) is 4.48. The summed E-state index contributed by atoms with van der Waals surface area (Å²) >= 11 is 1.19. The first-order valence-corrected chi connectivity index (χ1v) is 6.61. The van der Waals surface area contributed by atoms with E-state index in [1.54, 1.807) is 19.1 Å². The molecule has 0 fully saturated rings. The summed E-state index contributed by atoms with van der Waals surface area (Å²) in [6.45, 7) is 7.48. The van der Waals surface area contributed by atoms with Crippen molar-refractivity contribution in [3.8, 4) is 0 Å². The molecule has 0 saturated carbocycles. The van der Waals surface area contributed by atoms with Gasteiger partial charge in [0.25, 0.3) is 0 Å². The van der Waals surface area contributed by atoms with Gasteiger partial charge in [-0.25, -0.2) is 4.39 Å². The lowest BCUT2D eigenvalue weighted by atomic mass is 10.1. The summed E-state index contributed by atoms with van der Waals surface area (Å²) < 4.78 is 13.6. The molecule has 1 unspecified atom stereocenters. The van der Waals surface area contributed by atoms with E-state index in [0.29, 0.717) is 10.6 Å². The Hall–Kier alpha value is -1.23. The molecule has 5 heteroatoms. The highest BCUT2D eigenvalue weighted by Gasteiger charge is 2.21. The number of carbonyl (C=O) groups is 1. The maximum Gasteiger partial charge on any atom is 0.233 e.